The second kappa shape index (κ2) is 13.4. The Morgan fingerprint density at radius 3 is 1.71 bits per heavy atom. The zero-order valence-corrected chi connectivity index (χ0v) is 25.3. The van der Waals surface area contributed by atoms with Crippen molar-refractivity contribution in [3.63, 3.8) is 0 Å². The predicted molar refractivity (Wildman–Crippen MR) is 183 cm³/mol. The summed E-state index contributed by atoms with van der Waals surface area (Å²) in [6.07, 6.45) is 7.44. The minimum absolute atomic E-state index is 0.778. The smallest absolute Gasteiger partial charge is 0.119 e. The highest BCUT2D eigenvalue weighted by atomic mass is 32.1. The molecule has 2 nitrogen and oxygen atoms in total. The van der Waals surface area contributed by atoms with E-state index in [9.17, 15) is 0 Å². The number of nitrogens with zero attached hydrogens (tertiary/aromatic N) is 1. The summed E-state index contributed by atoms with van der Waals surface area (Å²) in [5.74, 6) is 1.94. The van der Waals surface area contributed by atoms with E-state index in [2.05, 4.69) is 139 Å². The van der Waals surface area contributed by atoms with Gasteiger partial charge in [0.05, 0.1) is 17.6 Å². The number of ether oxygens (including phenoxy) is 1. The molecule has 1 aromatic heterocycles. The molecule has 5 aromatic carbocycles. The van der Waals surface area contributed by atoms with Crippen LogP contribution in [0.2, 0.25) is 0 Å². The fourth-order valence-electron chi connectivity index (χ4n) is 5.84. The first kappa shape index (κ1) is 28.2. The van der Waals surface area contributed by atoms with Gasteiger partial charge < -0.3 is 9.30 Å². The van der Waals surface area contributed by atoms with Crippen LogP contribution in [0.4, 0.5) is 0 Å². The maximum absolute atomic E-state index is 6.05. The van der Waals surface area contributed by atoms with Crippen LogP contribution in [0.15, 0.2) is 115 Å². The van der Waals surface area contributed by atoms with Gasteiger partial charge in [0.1, 0.15) is 5.75 Å². The van der Waals surface area contributed by atoms with Gasteiger partial charge in [-0.1, -0.05) is 98.0 Å². The average Bonchev–Trinajstić information content (AvgIpc) is 3.36. The largest absolute Gasteiger partial charge is 0.494 e. The maximum Gasteiger partial charge on any atom is 0.119 e. The molecule has 6 aromatic rings. The molecule has 0 spiro atoms. The highest BCUT2D eigenvalue weighted by molar-refractivity contribution is 7.80. The molecule has 0 aliphatic heterocycles. The second-order valence-corrected chi connectivity index (χ2v) is 11.7. The molecule has 212 valence electrons. The van der Waals surface area contributed by atoms with Crippen LogP contribution in [0.1, 0.15) is 44.1 Å². The van der Waals surface area contributed by atoms with Crippen LogP contribution in [0.3, 0.4) is 0 Å². The van der Waals surface area contributed by atoms with E-state index >= 15 is 0 Å². The lowest BCUT2D eigenvalue weighted by Gasteiger charge is -2.10. The summed E-state index contributed by atoms with van der Waals surface area (Å²) < 4.78 is 8.44. The molecule has 0 N–H and O–H groups in total. The highest BCUT2D eigenvalue weighted by Crippen LogP contribution is 2.37. The summed E-state index contributed by atoms with van der Waals surface area (Å²) in [5, 5.41) is 2.52. The fraction of sp³-hybridized carbons (Fsp3) is 0.231. The van der Waals surface area contributed by atoms with Crippen molar-refractivity contribution in [1.29, 1.82) is 0 Å². The molecule has 0 saturated heterocycles. The highest BCUT2D eigenvalue weighted by Gasteiger charge is 2.14. The molecule has 6 rings (SSSR count). The zero-order valence-electron chi connectivity index (χ0n) is 24.4. The van der Waals surface area contributed by atoms with Gasteiger partial charge in [0.25, 0.3) is 0 Å². The molecule has 0 unspecified atom stereocenters. The predicted octanol–water partition coefficient (Wildman–Crippen LogP) is 11.1. The third kappa shape index (κ3) is 6.27. The van der Waals surface area contributed by atoms with Crippen molar-refractivity contribution in [2.75, 3.05) is 12.4 Å². The molecule has 0 aliphatic carbocycles. The Balaban J connectivity index is 1.29. The Labute approximate surface area is 255 Å². The van der Waals surface area contributed by atoms with Crippen LogP contribution in [0, 0.1) is 6.92 Å². The Bertz CT molecular complexity index is 1750. The van der Waals surface area contributed by atoms with Crippen molar-refractivity contribution >= 4 is 34.4 Å². The van der Waals surface area contributed by atoms with E-state index in [4.69, 9.17) is 4.74 Å². The molecular formula is C39H39NOS. The number of aryl methyl sites for hydroxylation is 1. The number of thiol groups is 1. The van der Waals surface area contributed by atoms with Gasteiger partial charge >= 0.3 is 0 Å². The molecule has 0 amide bonds. The standard InChI is InChI=1S/C39H39NOS/c1-29-13-19-34(20-14-29)40-38-23-17-32(30-11-7-6-8-12-30)27-36(38)37-28-33(18-24-39(37)40)31-15-21-35(22-16-31)41-25-9-4-2-3-5-10-26-42/h6-8,11-24,27-28,42H,2-5,9-10,25-26H2,1H3. The quantitative estimate of drug-likeness (QED) is 0.114. The van der Waals surface area contributed by atoms with Gasteiger partial charge in [-0.15, -0.1) is 0 Å². The van der Waals surface area contributed by atoms with E-state index in [1.54, 1.807) is 0 Å². The molecule has 0 fully saturated rings. The van der Waals surface area contributed by atoms with E-state index in [0.29, 0.717) is 0 Å². The topological polar surface area (TPSA) is 14.2 Å². The summed E-state index contributed by atoms with van der Waals surface area (Å²) in [4.78, 5) is 0. The Morgan fingerprint density at radius 1 is 0.548 bits per heavy atom. The van der Waals surface area contributed by atoms with Crippen molar-refractivity contribution in [1.82, 2.24) is 4.57 Å². The van der Waals surface area contributed by atoms with Gasteiger partial charge in [0, 0.05) is 16.5 Å². The SMILES string of the molecule is Cc1ccc(-n2c3ccc(-c4ccccc4)cc3c3cc(-c4ccc(OCCCCCCCCS)cc4)ccc32)cc1. The van der Waals surface area contributed by atoms with E-state index in [-0.39, 0.29) is 0 Å². The zero-order chi connectivity index (χ0) is 28.7. The normalized spacial score (nSPS) is 11.4. The van der Waals surface area contributed by atoms with Crippen molar-refractivity contribution in [2.24, 2.45) is 0 Å². The molecule has 1 heterocycles. The molecule has 0 radical (unpaired) electrons. The Hall–Kier alpha value is -3.95. The number of fused-ring (bicyclic) bond motifs is 3. The van der Waals surface area contributed by atoms with E-state index < -0.39 is 0 Å². The van der Waals surface area contributed by atoms with Crippen molar-refractivity contribution in [3.8, 4) is 33.7 Å². The first-order valence-corrected chi connectivity index (χ1v) is 15.9. The maximum atomic E-state index is 6.05. The van der Waals surface area contributed by atoms with Gasteiger partial charge in [0.2, 0.25) is 0 Å². The van der Waals surface area contributed by atoms with Gasteiger partial charge in [-0.25, -0.2) is 0 Å². The molecule has 0 bridgehead atoms. The third-order valence-corrected chi connectivity index (χ3v) is 8.49. The number of benzene rings is 5. The monoisotopic (exact) mass is 569 g/mol. The summed E-state index contributed by atoms with van der Waals surface area (Å²) in [5.41, 5.74) is 9.75. The minimum Gasteiger partial charge on any atom is -0.494 e. The number of aromatic nitrogens is 1. The molecule has 0 saturated carbocycles. The van der Waals surface area contributed by atoms with Crippen LogP contribution in [0.5, 0.6) is 5.75 Å². The van der Waals surface area contributed by atoms with Gasteiger partial charge in [-0.05, 0) is 96.3 Å². The Kier molecular flexibility index (Phi) is 8.96. The van der Waals surface area contributed by atoms with Gasteiger partial charge in [0.15, 0.2) is 0 Å². The summed E-state index contributed by atoms with van der Waals surface area (Å²) in [7, 11) is 0. The summed E-state index contributed by atoms with van der Waals surface area (Å²) in [6.45, 7) is 2.91. The average molecular weight is 570 g/mol. The van der Waals surface area contributed by atoms with Crippen LogP contribution < -0.4 is 4.74 Å². The first-order chi connectivity index (χ1) is 20.7. The summed E-state index contributed by atoms with van der Waals surface area (Å²) >= 11 is 4.29. The first-order valence-electron chi connectivity index (χ1n) is 15.3. The van der Waals surface area contributed by atoms with Crippen LogP contribution in [-0.2, 0) is 0 Å². The van der Waals surface area contributed by atoms with E-state index in [0.717, 1.165) is 24.5 Å². The van der Waals surface area contributed by atoms with Crippen LogP contribution in [0.25, 0.3) is 49.7 Å². The molecule has 0 aliphatic rings. The van der Waals surface area contributed by atoms with Gasteiger partial charge in [-0.2, -0.15) is 12.6 Å². The number of hydrogen-bond acceptors (Lipinski definition) is 2. The molecule has 3 heteroatoms. The van der Waals surface area contributed by atoms with Crippen molar-refractivity contribution in [2.45, 2.75) is 45.4 Å². The lowest BCUT2D eigenvalue weighted by Crippen LogP contribution is -1.97. The van der Waals surface area contributed by atoms with Crippen molar-refractivity contribution in [3.05, 3.63) is 121 Å². The minimum atomic E-state index is 0.778. The fourth-order valence-corrected chi connectivity index (χ4v) is 6.06. The van der Waals surface area contributed by atoms with Gasteiger partial charge in [-0.3, -0.25) is 0 Å². The number of unbranched alkanes of at least 4 members (excludes halogenated alkanes) is 5. The van der Waals surface area contributed by atoms with Crippen LogP contribution >= 0.6 is 12.6 Å². The molecule has 0 atom stereocenters. The number of rotatable bonds is 12. The molecular weight excluding hydrogens is 531 g/mol. The Morgan fingerprint density at radius 2 is 1.10 bits per heavy atom. The third-order valence-electron chi connectivity index (χ3n) is 8.17. The molecule has 42 heavy (non-hydrogen) atoms. The summed E-state index contributed by atoms with van der Waals surface area (Å²) in [6, 6.07) is 41.8. The van der Waals surface area contributed by atoms with Crippen LogP contribution in [-0.4, -0.2) is 16.9 Å². The lowest BCUT2D eigenvalue weighted by atomic mass is 10.0. The second-order valence-electron chi connectivity index (χ2n) is 11.2. The lowest BCUT2D eigenvalue weighted by molar-refractivity contribution is 0.304. The number of hydrogen-bond donors (Lipinski definition) is 1. The van der Waals surface area contributed by atoms with E-state index in [1.807, 2.05) is 0 Å². The van der Waals surface area contributed by atoms with Crippen molar-refractivity contribution < 1.29 is 4.74 Å². The van der Waals surface area contributed by atoms with E-state index in [1.165, 1.54) is 87.4 Å².